The summed E-state index contributed by atoms with van der Waals surface area (Å²) in [5, 5.41) is 1.94. The molecule has 0 saturated carbocycles. The average Bonchev–Trinajstić information content (AvgIpc) is 2.35. The molecule has 1 rings (SSSR count). The monoisotopic (exact) mass is 187 g/mol. The topological polar surface area (TPSA) is 0 Å². The van der Waals surface area contributed by atoms with Gasteiger partial charge in [0.2, 0.25) is 0 Å². The van der Waals surface area contributed by atoms with Gasteiger partial charge in [-0.15, -0.1) is 0 Å². The summed E-state index contributed by atoms with van der Waals surface area (Å²) in [5.74, 6) is 0. The van der Waals surface area contributed by atoms with Crippen LogP contribution in [-0.4, -0.2) is 16.8 Å². The van der Waals surface area contributed by atoms with Crippen LogP contribution in [0.25, 0.3) is 0 Å². The molecule has 2 atom stereocenters. The molecule has 0 nitrogen and oxygen atoms in total. The molecule has 12 heavy (non-hydrogen) atoms. The molecule has 72 valence electrons. The van der Waals surface area contributed by atoms with Gasteiger partial charge in [0.05, 0.1) is 6.26 Å². The fourth-order valence-electron chi connectivity index (χ4n) is 2.33. The van der Waals surface area contributed by atoms with Crippen molar-refractivity contribution in [3.63, 3.8) is 0 Å². The summed E-state index contributed by atoms with van der Waals surface area (Å²) in [6, 6.07) is 0. The predicted molar refractivity (Wildman–Crippen MR) is 59.8 cm³/mol. The molecule has 0 radical (unpaired) electrons. The van der Waals surface area contributed by atoms with Crippen molar-refractivity contribution in [1.29, 1.82) is 0 Å². The summed E-state index contributed by atoms with van der Waals surface area (Å²) >= 11 is 0. The molecule has 0 aliphatic carbocycles. The minimum absolute atomic E-state index is 0.524. The number of hydrogen-bond donors (Lipinski definition) is 0. The van der Waals surface area contributed by atoms with Crippen LogP contribution < -0.4 is 0 Å². The third-order valence-corrected chi connectivity index (χ3v) is 5.95. The molecule has 1 heterocycles. The van der Waals surface area contributed by atoms with Gasteiger partial charge < -0.3 is 0 Å². The van der Waals surface area contributed by atoms with E-state index in [1.807, 2.05) is 0 Å². The van der Waals surface area contributed by atoms with Gasteiger partial charge in [-0.2, -0.15) is 0 Å². The summed E-state index contributed by atoms with van der Waals surface area (Å²) < 4.78 is 0. The molecule has 0 unspecified atom stereocenters. The highest BCUT2D eigenvalue weighted by molar-refractivity contribution is 8.04. The van der Waals surface area contributed by atoms with Crippen LogP contribution in [0.2, 0.25) is 0 Å². The van der Waals surface area contributed by atoms with E-state index in [1.54, 1.807) is 0 Å². The van der Waals surface area contributed by atoms with Crippen LogP contribution in [0.4, 0.5) is 0 Å². The van der Waals surface area contributed by atoms with Gasteiger partial charge in [0, 0.05) is 21.7 Å². The van der Waals surface area contributed by atoms with Gasteiger partial charge in [-0.05, 0) is 0 Å². The molecular formula is C11H23S+. The van der Waals surface area contributed by atoms with E-state index in [4.69, 9.17) is 0 Å². The second kappa shape index (κ2) is 2.67. The zero-order chi connectivity index (χ0) is 9.73. The molecule has 0 spiro atoms. The SMILES string of the molecule is C[S+]1[C@@H](C(C)(C)C)[C@@H]1C(C)(C)C. The summed E-state index contributed by atoms with van der Waals surface area (Å²) in [7, 11) is 0.674. The summed E-state index contributed by atoms with van der Waals surface area (Å²) in [6.45, 7) is 14.3. The Morgan fingerprint density at radius 3 is 1.08 bits per heavy atom. The smallest absolute Gasteiger partial charge is 0.0552 e. The second-order valence-electron chi connectivity index (χ2n) is 6.18. The van der Waals surface area contributed by atoms with Crippen molar-refractivity contribution in [1.82, 2.24) is 0 Å². The van der Waals surface area contributed by atoms with Gasteiger partial charge in [0.1, 0.15) is 0 Å². The van der Waals surface area contributed by atoms with Gasteiger partial charge in [-0.3, -0.25) is 0 Å². The minimum atomic E-state index is 0.524. The maximum Gasteiger partial charge on any atom is 0.170 e. The molecule has 0 bridgehead atoms. The molecule has 1 heteroatoms. The highest BCUT2D eigenvalue weighted by atomic mass is 32.2. The Kier molecular flexibility index (Phi) is 2.32. The molecule has 1 fully saturated rings. The first-order valence-corrected chi connectivity index (χ1v) is 6.55. The maximum atomic E-state index is 2.44. The molecule has 1 aliphatic heterocycles. The Balaban J connectivity index is 2.67. The van der Waals surface area contributed by atoms with Crippen molar-refractivity contribution in [2.45, 2.75) is 52.0 Å². The van der Waals surface area contributed by atoms with Crippen molar-refractivity contribution in [3.8, 4) is 0 Å². The third-order valence-electron chi connectivity index (χ3n) is 2.71. The fraction of sp³-hybridized carbons (Fsp3) is 1.00. The van der Waals surface area contributed by atoms with E-state index in [2.05, 4.69) is 47.8 Å². The quantitative estimate of drug-likeness (QED) is 0.404. The first-order chi connectivity index (χ1) is 5.15. The summed E-state index contributed by atoms with van der Waals surface area (Å²) in [6.07, 6.45) is 2.44. The van der Waals surface area contributed by atoms with Crippen molar-refractivity contribution in [3.05, 3.63) is 0 Å². The van der Waals surface area contributed by atoms with Gasteiger partial charge >= 0.3 is 0 Å². The maximum absolute atomic E-state index is 2.44. The minimum Gasteiger partial charge on any atom is -0.0552 e. The molecule has 0 aromatic rings. The van der Waals surface area contributed by atoms with E-state index in [0.29, 0.717) is 21.7 Å². The van der Waals surface area contributed by atoms with Crippen LogP contribution >= 0.6 is 0 Å². The van der Waals surface area contributed by atoms with Gasteiger partial charge in [0.25, 0.3) is 0 Å². The zero-order valence-electron chi connectivity index (χ0n) is 9.56. The molecule has 0 aromatic heterocycles. The highest BCUT2D eigenvalue weighted by Gasteiger charge is 2.69. The van der Waals surface area contributed by atoms with Crippen molar-refractivity contribution >= 4 is 10.9 Å². The largest absolute Gasteiger partial charge is 0.170 e. The Labute approximate surface area is 80.5 Å². The highest BCUT2D eigenvalue weighted by Crippen LogP contribution is 2.53. The zero-order valence-corrected chi connectivity index (χ0v) is 10.4. The van der Waals surface area contributed by atoms with Crippen LogP contribution in [0.5, 0.6) is 0 Å². The lowest BCUT2D eigenvalue weighted by Gasteiger charge is -2.16. The molecule has 0 amide bonds. The van der Waals surface area contributed by atoms with E-state index >= 15 is 0 Å². The van der Waals surface area contributed by atoms with E-state index in [-0.39, 0.29) is 0 Å². The van der Waals surface area contributed by atoms with Crippen LogP contribution in [-0.2, 0) is 10.9 Å². The Morgan fingerprint density at radius 2 is 1.00 bits per heavy atom. The standard InChI is InChI=1S/C11H23S/c1-10(2,3)8-9(12(8)7)11(4,5)6/h8-9H,1-7H3/q+1/t8-,9-/m1/s1. The third kappa shape index (κ3) is 1.81. The van der Waals surface area contributed by atoms with E-state index < -0.39 is 0 Å². The lowest BCUT2D eigenvalue weighted by atomic mass is 9.81. The molecule has 1 saturated heterocycles. The van der Waals surface area contributed by atoms with Crippen LogP contribution in [0.15, 0.2) is 0 Å². The summed E-state index contributed by atoms with van der Waals surface area (Å²) in [5.41, 5.74) is 1.05. The lowest BCUT2D eigenvalue weighted by Crippen LogP contribution is -2.23. The van der Waals surface area contributed by atoms with Crippen LogP contribution in [0, 0.1) is 10.8 Å². The fourth-order valence-corrected chi connectivity index (χ4v) is 6.32. The first kappa shape index (κ1) is 10.4. The van der Waals surface area contributed by atoms with Gasteiger partial charge in [-0.1, -0.05) is 41.5 Å². The number of hydrogen-bond acceptors (Lipinski definition) is 0. The van der Waals surface area contributed by atoms with E-state index in [0.717, 1.165) is 10.5 Å². The molecule has 0 aromatic carbocycles. The number of rotatable bonds is 0. The first-order valence-electron chi connectivity index (χ1n) is 4.79. The van der Waals surface area contributed by atoms with Crippen molar-refractivity contribution in [2.24, 2.45) is 10.8 Å². The lowest BCUT2D eigenvalue weighted by molar-refractivity contribution is 0.335. The Bertz CT molecular complexity index is 150. The summed E-state index contributed by atoms with van der Waals surface area (Å²) in [4.78, 5) is 0. The average molecular weight is 187 g/mol. The Hall–Kier alpha value is 0.350. The van der Waals surface area contributed by atoms with E-state index in [1.165, 1.54) is 0 Å². The predicted octanol–water partition coefficient (Wildman–Crippen LogP) is 3.08. The molecular weight excluding hydrogens is 164 g/mol. The molecule has 1 aliphatic rings. The van der Waals surface area contributed by atoms with E-state index in [9.17, 15) is 0 Å². The van der Waals surface area contributed by atoms with Gasteiger partial charge in [0.15, 0.2) is 10.5 Å². The van der Waals surface area contributed by atoms with Crippen molar-refractivity contribution in [2.75, 3.05) is 6.26 Å². The van der Waals surface area contributed by atoms with Crippen LogP contribution in [0.1, 0.15) is 41.5 Å². The van der Waals surface area contributed by atoms with Crippen LogP contribution in [0.3, 0.4) is 0 Å². The Morgan fingerprint density at radius 1 is 0.750 bits per heavy atom. The normalized spacial score (nSPS) is 36.8. The van der Waals surface area contributed by atoms with Crippen molar-refractivity contribution < 1.29 is 0 Å². The second-order valence-corrected chi connectivity index (χ2v) is 8.41. The molecule has 0 N–H and O–H groups in total. The van der Waals surface area contributed by atoms with Gasteiger partial charge in [-0.25, -0.2) is 0 Å².